The summed E-state index contributed by atoms with van der Waals surface area (Å²) in [7, 11) is 1.62. The topological polar surface area (TPSA) is 73.3 Å². The first-order valence-electron chi connectivity index (χ1n) is 9.05. The van der Waals surface area contributed by atoms with Gasteiger partial charge in [-0.1, -0.05) is 17.7 Å². The number of carbonyl (C=O) groups excluding carboxylic acids is 1. The van der Waals surface area contributed by atoms with Crippen molar-refractivity contribution in [2.45, 2.75) is 27.3 Å². The molecule has 1 N–H and O–H groups in total. The zero-order valence-corrected chi connectivity index (χ0v) is 17.5. The van der Waals surface area contributed by atoms with Crippen molar-refractivity contribution in [3.05, 3.63) is 70.3 Å². The number of aryl methyl sites for hydroxylation is 2. The second-order valence-electron chi connectivity index (χ2n) is 6.69. The number of amides is 1. The van der Waals surface area contributed by atoms with Crippen molar-refractivity contribution >= 4 is 17.7 Å². The smallest absolute Gasteiger partial charge is 0.412 e. The fraction of sp³-hybridized carbons (Fsp3) is 0.227. The van der Waals surface area contributed by atoms with Crippen LogP contribution in [0.5, 0.6) is 11.5 Å². The minimum atomic E-state index is -0.559. The second-order valence-corrected chi connectivity index (χ2v) is 7.08. The molecule has 150 valence electrons. The number of benzene rings is 1. The van der Waals surface area contributed by atoms with Crippen LogP contribution in [0.3, 0.4) is 0 Å². The summed E-state index contributed by atoms with van der Waals surface area (Å²) in [6.45, 7) is 6.01. The number of hydrogen-bond acceptors (Lipinski definition) is 5. The minimum absolute atomic E-state index is 0.237. The molecule has 6 nitrogen and oxygen atoms in total. The molecular weight excluding hydrogens is 390 g/mol. The van der Waals surface area contributed by atoms with Gasteiger partial charge in [0.15, 0.2) is 0 Å². The van der Waals surface area contributed by atoms with Gasteiger partial charge >= 0.3 is 6.09 Å². The third-order valence-electron chi connectivity index (χ3n) is 4.47. The second kappa shape index (κ2) is 8.92. The molecule has 29 heavy (non-hydrogen) atoms. The van der Waals surface area contributed by atoms with Gasteiger partial charge in [-0.2, -0.15) is 0 Å². The van der Waals surface area contributed by atoms with Gasteiger partial charge in [0.1, 0.15) is 16.7 Å². The van der Waals surface area contributed by atoms with Gasteiger partial charge in [0.05, 0.1) is 19.3 Å². The third kappa shape index (κ3) is 5.03. The number of aromatic nitrogens is 2. The van der Waals surface area contributed by atoms with Gasteiger partial charge in [0.25, 0.3) is 0 Å². The highest BCUT2D eigenvalue weighted by Gasteiger charge is 2.12. The normalized spacial score (nSPS) is 10.5. The first kappa shape index (κ1) is 20.6. The zero-order valence-electron chi connectivity index (χ0n) is 16.7. The molecule has 0 atom stereocenters. The van der Waals surface area contributed by atoms with Gasteiger partial charge in [0.2, 0.25) is 0 Å². The lowest BCUT2D eigenvalue weighted by Crippen LogP contribution is -2.27. The Hall–Kier alpha value is -3.12. The van der Waals surface area contributed by atoms with Crippen LogP contribution < -0.4 is 14.8 Å². The Kier molecular flexibility index (Phi) is 6.34. The molecule has 0 bridgehead atoms. The van der Waals surface area contributed by atoms with E-state index in [2.05, 4.69) is 15.3 Å². The highest BCUT2D eigenvalue weighted by molar-refractivity contribution is 6.29. The van der Waals surface area contributed by atoms with Crippen LogP contribution in [0.1, 0.15) is 22.4 Å². The molecule has 0 aliphatic rings. The van der Waals surface area contributed by atoms with Crippen LogP contribution in [-0.2, 0) is 6.54 Å². The molecular formula is C22H22ClN3O3. The number of ether oxygens (including phenoxy) is 2. The van der Waals surface area contributed by atoms with Gasteiger partial charge in [-0.25, -0.2) is 9.78 Å². The summed E-state index contributed by atoms with van der Waals surface area (Å²) in [5, 5.41) is 3.16. The zero-order chi connectivity index (χ0) is 21.0. The molecule has 1 aromatic carbocycles. The number of hydrogen-bond donors (Lipinski definition) is 1. The summed E-state index contributed by atoms with van der Waals surface area (Å²) < 4.78 is 10.9. The summed E-state index contributed by atoms with van der Waals surface area (Å²) >= 11 is 5.85. The molecule has 3 aromatic rings. The Labute approximate surface area is 174 Å². The molecule has 2 aromatic heterocycles. The van der Waals surface area contributed by atoms with E-state index in [-0.39, 0.29) is 6.54 Å². The van der Waals surface area contributed by atoms with E-state index in [9.17, 15) is 4.79 Å². The van der Waals surface area contributed by atoms with E-state index in [1.165, 1.54) is 0 Å². The Morgan fingerprint density at radius 3 is 2.55 bits per heavy atom. The van der Waals surface area contributed by atoms with E-state index in [1.807, 2.05) is 32.9 Å². The molecule has 0 aliphatic heterocycles. The fourth-order valence-corrected chi connectivity index (χ4v) is 3.18. The number of nitrogens with zero attached hydrogens (tertiary/aromatic N) is 2. The maximum atomic E-state index is 12.3. The van der Waals surface area contributed by atoms with E-state index in [0.717, 1.165) is 39.3 Å². The largest absolute Gasteiger partial charge is 0.496 e. The van der Waals surface area contributed by atoms with Gasteiger partial charge in [-0.15, -0.1) is 0 Å². The van der Waals surface area contributed by atoms with Crippen molar-refractivity contribution in [2.75, 3.05) is 7.11 Å². The molecule has 0 saturated carbocycles. The van der Waals surface area contributed by atoms with Crippen molar-refractivity contribution in [3.63, 3.8) is 0 Å². The molecule has 0 radical (unpaired) electrons. The summed E-state index contributed by atoms with van der Waals surface area (Å²) in [5.41, 5.74) is 5.29. The van der Waals surface area contributed by atoms with E-state index >= 15 is 0 Å². The number of rotatable bonds is 5. The molecule has 1 amide bonds. The molecule has 0 fully saturated rings. The van der Waals surface area contributed by atoms with Gasteiger partial charge in [0, 0.05) is 29.1 Å². The SMILES string of the molecule is COc1c(C)cnc(CNC(=O)Oc2cc(C)cc(-c3ccc(Cl)nc3)c2)c1C. The quantitative estimate of drug-likeness (QED) is 0.597. The van der Waals surface area contributed by atoms with E-state index < -0.39 is 6.09 Å². The Balaban J connectivity index is 1.70. The highest BCUT2D eigenvalue weighted by Crippen LogP contribution is 2.27. The monoisotopic (exact) mass is 411 g/mol. The molecule has 3 rings (SSSR count). The Morgan fingerprint density at radius 2 is 1.86 bits per heavy atom. The Morgan fingerprint density at radius 1 is 1.07 bits per heavy atom. The van der Waals surface area contributed by atoms with Gasteiger partial charge in [-0.05, 0) is 56.2 Å². The summed E-state index contributed by atoms with van der Waals surface area (Å²) in [5.74, 6) is 1.21. The van der Waals surface area contributed by atoms with Crippen LogP contribution >= 0.6 is 11.6 Å². The third-order valence-corrected chi connectivity index (χ3v) is 4.70. The lowest BCUT2D eigenvalue weighted by molar-refractivity contribution is 0.200. The number of pyridine rings is 2. The van der Waals surface area contributed by atoms with Crippen molar-refractivity contribution in [3.8, 4) is 22.6 Å². The van der Waals surface area contributed by atoms with Crippen LogP contribution in [0.15, 0.2) is 42.7 Å². The number of carbonyl (C=O) groups is 1. The lowest BCUT2D eigenvalue weighted by atomic mass is 10.0. The van der Waals surface area contributed by atoms with Crippen LogP contribution in [0.2, 0.25) is 5.15 Å². The van der Waals surface area contributed by atoms with Crippen molar-refractivity contribution in [1.29, 1.82) is 0 Å². The summed E-state index contributed by atoms with van der Waals surface area (Å²) in [6, 6.07) is 9.16. The van der Waals surface area contributed by atoms with Crippen LogP contribution in [-0.4, -0.2) is 23.2 Å². The first-order valence-corrected chi connectivity index (χ1v) is 9.43. The van der Waals surface area contributed by atoms with E-state index in [0.29, 0.717) is 10.9 Å². The predicted molar refractivity (Wildman–Crippen MR) is 113 cm³/mol. The van der Waals surface area contributed by atoms with E-state index in [1.54, 1.807) is 37.7 Å². The highest BCUT2D eigenvalue weighted by atomic mass is 35.5. The van der Waals surface area contributed by atoms with Gasteiger partial charge < -0.3 is 14.8 Å². The van der Waals surface area contributed by atoms with Crippen LogP contribution in [0.25, 0.3) is 11.1 Å². The average Bonchev–Trinajstić information content (AvgIpc) is 2.68. The van der Waals surface area contributed by atoms with Crippen LogP contribution in [0.4, 0.5) is 4.79 Å². The summed E-state index contributed by atoms with van der Waals surface area (Å²) in [6.07, 6.45) is 2.85. The van der Waals surface area contributed by atoms with E-state index in [4.69, 9.17) is 21.1 Å². The van der Waals surface area contributed by atoms with Crippen molar-refractivity contribution in [2.24, 2.45) is 0 Å². The minimum Gasteiger partial charge on any atom is -0.496 e. The molecule has 0 aliphatic carbocycles. The molecule has 0 spiro atoms. The number of methoxy groups -OCH3 is 1. The van der Waals surface area contributed by atoms with Crippen molar-refractivity contribution in [1.82, 2.24) is 15.3 Å². The van der Waals surface area contributed by atoms with Crippen molar-refractivity contribution < 1.29 is 14.3 Å². The maximum Gasteiger partial charge on any atom is 0.412 e. The maximum absolute atomic E-state index is 12.3. The molecule has 0 unspecified atom stereocenters. The van der Waals surface area contributed by atoms with Crippen LogP contribution in [0, 0.1) is 20.8 Å². The standard InChI is InChI=1S/C22H22ClN3O3/c1-13-7-17(16-5-6-20(23)25-11-16)9-18(8-13)29-22(27)26-12-19-15(3)21(28-4)14(2)10-24-19/h5-11H,12H2,1-4H3,(H,26,27). The molecule has 0 saturated heterocycles. The van der Waals surface area contributed by atoms with Gasteiger partial charge in [-0.3, -0.25) is 4.98 Å². The number of halogens is 1. The lowest BCUT2D eigenvalue weighted by Gasteiger charge is -2.13. The molecule has 2 heterocycles. The predicted octanol–water partition coefficient (Wildman–Crippen LogP) is 5.02. The Bertz CT molecular complexity index is 1040. The fourth-order valence-electron chi connectivity index (χ4n) is 3.07. The first-order chi connectivity index (χ1) is 13.9. The number of nitrogens with one attached hydrogen (secondary N) is 1. The molecule has 7 heteroatoms. The average molecular weight is 412 g/mol. The summed E-state index contributed by atoms with van der Waals surface area (Å²) in [4.78, 5) is 20.8.